The number of anilines is 1. The fourth-order valence-electron chi connectivity index (χ4n) is 5.47. The van der Waals surface area contributed by atoms with E-state index < -0.39 is 47.1 Å². The topological polar surface area (TPSA) is 82.1 Å². The Labute approximate surface area is 162 Å². The molecule has 0 radical (unpaired) electrons. The van der Waals surface area contributed by atoms with Gasteiger partial charge in [0.2, 0.25) is 17.4 Å². The second-order valence-electron chi connectivity index (χ2n) is 8.21. The lowest BCUT2D eigenvalue weighted by molar-refractivity contribution is -0.200. The zero-order chi connectivity index (χ0) is 19.8. The van der Waals surface area contributed by atoms with Crippen LogP contribution >= 0.6 is 0 Å². The predicted molar refractivity (Wildman–Crippen MR) is 96.8 cm³/mol. The van der Waals surface area contributed by atoms with E-state index in [0.717, 1.165) is 0 Å². The molecule has 2 aliphatic heterocycles. The summed E-state index contributed by atoms with van der Waals surface area (Å²) in [6.07, 6.45) is 3.03. The van der Waals surface area contributed by atoms with Crippen LogP contribution in [-0.2, 0) is 28.6 Å². The Balaban J connectivity index is 1.64. The van der Waals surface area contributed by atoms with Crippen LogP contribution in [0.25, 0.3) is 0 Å². The molecule has 2 bridgehead atoms. The lowest BCUT2D eigenvalue weighted by Gasteiger charge is -2.50. The van der Waals surface area contributed by atoms with Crippen molar-refractivity contribution >= 4 is 23.5 Å². The number of para-hydroxylation sites is 1. The molecule has 7 nitrogen and oxygen atoms in total. The Morgan fingerprint density at radius 2 is 1.75 bits per heavy atom. The first kappa shape index (κ1) is 17.6. The van der Waals surface area contributed by atoms with Gasteiger partial charge in [-0.2, -0.15) is 0 Å². The number of esters is 1. The van der Waals surface area contributed by atoms with Gasteiger partial charge in [0.15, 0.2) is 5.79 Å². The molecule has 0 aromatic heterocycles. The van der Waals surface area contributed by atoms with Crippen molar-refractivity contribution in [3.05, 3.63) is 42.5 Å². The van der Waals surface area contributed by atoms with E-state index in [2.05, 4.69) is 0 Å². The summed E-state index contributed by atoms with van der Waals surface area (Å²) in [5, 5.41) is 0. The Morgan fingerprint density at radius 1 is 1.07 bits per heavy atom. The van der Waals surface area contributed by atoms with Crippen molar-refractivity contribution in [1.82, 2.24) is 0 Å². The summed E-state index contributed by atoms with van der Waals surface area (Å²) in [6, 6.07) is 8.85. The molecule has 6 atom stereocenters. The Bertz CT molecular complexity index is 909. The van der Waals surface area contributed by atoms with Gasteiger partial charge in [-0.1, -0.05) is 30.4 Å². The van der Waals surface area contributed by atoms with Crippen molar-refractivity contribution in [2.24, 2.45) is 23.7 Å². The van der Waals surface area contributed by atoms with Gasteiger partial charge in [0.05, 0.1) is 24.6 Å². The summed E-state index contributed by atoms with van der Waals surface area (Å²) >= 11 is 0. The maximum Gasteiger partial charge on any atom is 0.341 e. The zero-order valence-corrected chi connectivity index (χ0v) is 15.8. The van der Waals surface area contributed by atoms with E-state index >= 15 is 0 Å². The molecule has 6 rings (SSSR count). The van der Waals surface area contributed by atoms with E-state index in [0.29, 0.717) is 5.69 Å². The molecule has 0 N–H and O–H groups in total. The van der Waals surface area contributed by atoms with Gasteiger partial charge >= 0.3 is 5.97 Å². The van der Waals surface area contributed by atoms with Crippen LogP contribution < -0.4 is 4.90 Å². The standard InChI is InChI=1S/C21H21NO6/c1-20(2)27-16-12-9-10-13(21(16,28-20)19(25)26-3)15-14(12)17(23)22(18(15)24)11-7-5-4-6-8-11/h4-10,12-16H,1-3H3/t12-,13+,14+,15-,16+,21-/m0/s1. The largest absolute Gasteiger partial charge is 0.467 e. The average Bonchev–Trinajstić information content (AvgIpc) is 3.14. The Hall–Kier alpha value is -2.51. The zero-order valence-electron chi connectivity index (χ0n) is 15.8. The highest BCUT2D eigenvalue weighted by atomic mass is 16.8. The van der Waals surface area contributed by atoms with Crippen LogP contribution in [0.2, 0.25) is 0 Å². The smallest absolute Gasteiger partial charge is 0.341 e. The summed E-state index contributed by atoms with van der Waals surface area (Å²) in [4.78, 5) is 40.8. The number of carbonyl (C=O) groups excluding carboxylic acids is 3. The number of amides is 2. The molecule has 2 amide bonds. The van der Waals surface area contributed by atoms with Gasteiger partial charge in [-0.3, -0.25) is 14.5 Å². The maximum atomic E-state index is 13.4. The number of hydrogen-bond acceptors (Lipinski definition) is 6. The highest BCUT2D eigenvalue weighted by Gasteiger charge is 2.76. The second kappa shape index (κ2) is 5.52. The molecule has 0 unspecified atom stereocenters. The molecule has 1 aromatic carbocycles. The van der Waals surface area contributed by atoms with Crippen LogP contribution in [0.3, 0.4) is 0 Å². The molecule has 2 saturated heterocycles. The minimum Gasteiger partial charge on any atom is -0.467 e. The quantitative estimate of drug-likeness (QED) is 0.439. The van der Waals surface area contributed by atoms with Gasteiger partial charge < -0.3 is 14.2 Å². The molecule has 28 heavy (non-hydrogen) atoms. The summed E-state index contributed by atoms with van der Waals surface area (Å²) in [6.45, 7) is 3.45. The number of nitrogens with zero attached hydrogens (tertiary/aromatic N) is 1. The first-order chi connectivity index (χ1) is 13.3. The minimum atomic E-state index is -1.43. The summed E-state index contributed by atoms with van der Waals surface area (Å²) in [5.41, 5.74) is -0.896. The van der Waals surface area contributed by atoms with Crippen LogP contribution in [0.4, 0.5) is 5.69 Å². The van der Waals surface area contributed by atoms with Crippen LogP contribution in [-0.4, -0.2) is 42.4 Å². The first-order valence-corrected chi connectivity index (χ1v) is 9.39. The third kappa shape index (κ3) is 1.98. The van der Waals surface area contributed by atoms with Gasteiger partial charge in [-0.25, -0.2) is 4.79 Å². The van der Waals surface area contributed by atoms with E-state index in [1.54, 1.807) is 38.1 Å². The van der Waals surface area contributed by atoms with E-state index in [1.165, 1.54) is 12.0 Å². The fourth-order valence-corrected chi connectivity index (χ4v) is 5.47. The molecule has 146 valence electrons. The number of rotatable bonds is 2. The van der Waals surface area contributed by atoms with E-state index in [4.69, 9.17) is 14.2 Å². The lowest BCUT2D eigenvalue weighted by atomic mass is 9.55. The number of benzene rings is 1. The van der Waals surface area contributed by atoms with Crippen molar-refractivity contribution in [3.8, 4) is 0 Å². The number of hydrogen-bond donors (Lipinski definition) is 0. The van der Waals surface area contributed by atoms with Crippen molar-refractivity contribution in [2.75, 3.05) is 12.0 Å². The minimum absolute atomic E-state index is 0.257. The van der Waals surface area contributed by atoms with Crippen molar-refractivity contribution in [1.29, 1.82) is 0 Å². The van der Waals surface area contributed by atoms with Gasteiger partial charge in [0.1, 0.15) is 6.10 Å². The van der Waals surface area contributed by atoms with Gasteiger partial charge in [-0.05, 0) is 26.0 Å². The molecular weight excluding hydrogens is 362 g/mol. The van der Waals surface area contributed by atoms with E-state index in [-0.39, 0.29) is 11.8 Å². The normalized spacial score (nSPS) is 39.8. The van der Waals surface area contributed by atoms with Crippen LogP contribution in [0.1, 0.15) is 13.8 Å². The number of carbonyl (C=O) groups is 3. The summed E-state index contributed by atoms with van der Waals surface area (Å²) in [5.74, 6) is -4.50. The van der Waals surface area contributed by atoms with Crippen LogP contribution in [0, 0.1) is 23.7 Å². The van der Waals surface area contributed by atoms with Crippen LogP contribution in [0.15, 0.2) is 42.5 Å². The van der Waals surface area contributed by atoms with E-state index in [1.807, 2.05) is 18.2 Å². The molecule has 1 saturated carbocycles. The van der Waals surface area contributed by atoms with Gasteiger partial charge in [0.25, 0.3) is 0 Å². The van der Waals surface area contributed by atoms with E-state index in [9.17, 15) is 14.4 Å². The number of methoxy groups -OCH3 is 1. The molecule has 3 aliphatic carbocycles. The second-order valence-corrected chi connectivity index (χ2v) is 8.21. The van der Waals surface area contributed by atoms with Crippen molar-refractivity contribution in [2.45, 2.75) is 31.3 Å². The highest BCUT2D eigenvalue weighted by molar-refractivity contribution is 6.23. The average molecular weight is 383 g/mol. The third-order valence-corrected chi connectivity index (χ3v) is 6.35. The number of imide groups is 1. The fraction of sp³-hybridized carbons (Fsp3) is 0.476. The molecule has 5 aliphatic rings. The number of ether oxygens (including phenoxy) is 3. The first-order valence-electron chi connectivity index (χ1n) is 9.39. The molecule has 1 aromatic rings. The maximum absolute atomic E-state index is 13.4. The Morgan fingerprint density at radius 3 is 2.43 bits per heavy atom. The van der Waals surface area contributed by atoms with Crippen molar-refractivity contribution in [3.63, 3.8) is 0 Å². The third-order valence-electron chi connectivity index (χ3n) is 6.35. The molecule has 2 heterocycles. The van der Waals surface area contributed by atoms with Crippen molar-refractivity contribution < 1.29 is 28.6 Å². The van der Waals surface area contributed by atoms with Gasteiger partial charge in [-0.15, -0.1) is 0 Å². The molecule has 3 fully saturated rings. The molecule has 0 spiro atoms. The predicted octanol–water partition coefficient (Wildman–Crippen LogP) is 1.67. The monoisotopic (exact) mass is 383 g/mol. The lowest BCUT2D eigenvalue weighted by Crippen LogP contribution is -2.66. The summed E-state index contributed by atoms with van der Waals surface area (Å²) < 4.78 is 17.3. The SMILES string of the molecule is COC(=O)[C@@]12OC(C)(C)O[C@@H]1[C@H]1C=C[C@@H]2[C@@H]2C(=O)N(c3ccccc3)C(=O)[C@H]12. The van der Waals surface area contributed by atoms with Gasteiger partial charge in [0, 0.05) is 11.8 Å². The Kier molecular flexibility index (Phi) is 3.46. The van der Waals surface area contributed by atoms with Crippen LogP contribution in [0.5, 0.6) is 0 Å². The molecule has 7 heteroatoms. The summed E-state index contributed by atoms with van der Waals surface area (Å²) in [7, 11) is 1.30. The molecular formula is C21H21NO6. The highest BCUT2D eigenvalue weighted by Crippen LogP contribution is 2.60.